The van der Waals surface area contributed by atoms with Crippen LogP contribution in [0.2, 0.25) is 0 Å². The average Bonchev–Trinajstić information content (AvgIpc) is 2.85. The van der Waals surface area contributed by atoms with Gasteiger partial charge in [-0.3, -0.25) is 4.98 Å². The molecule has 178 valence electrons. The first-order chi connectivity index (χ1) is 16.5. The smallest absolute Gasteiger partial charge is 0.142 e. The average molecular weight is 460 g/mol. The minimum Gasteiger partial charge on any atom is -0.344 e. The van der Waals surface area contributed by atoms with Gasteiger partial charge in [0.25, 0.3) is 0 Å². The lowest BCUT2D eigenvalue weighted by atomic mass is 9.80. The maximum Gasteiger partial charge on any atom is 0.142 e. The van der Waals surface area contributed by atoms with Crippen LogP contribution in [0.1, 0.15) is 25.7 Å². The van der Waals surface area contributed by atoms with Crippen molar-refractivity contribution in [3.8, 4) is 11.1 Å². The molecule has 1 saturated heterocycles. The maximum atomic E-state index is 13.6. The number of fused-ring (bicyclic) bond motifs is 1. The molecule has 0 bridgehead atoms. The third-order valence-corrected chi connectivity index (χ3v) is 7.50. The van der Waals surface area contributed by atoms with E-state index < -0.39 is 0 Å². The molecule has 1 aromatic carbocycles. The van der Waals surface area contributed by atoms with Crippen LogP contribution in [0.3, 0.4) is 0 Å². The third-order valence-electron chi connectivity index (χ3n) is 7.50. The normalized spacial score (nSPS) is 22.1. The number of piperazine rings is 1. The molecule has 34 heavy (non-hydrogen) atoms. The minimum absolute atomic E-state index is 0.329. The monoisotopic (exact) mass is 459 g/mol. The number of allylic oxidation sites excluding steroid dienone is 1. The van der Waals surface area contributed by atoms with Gasteiger partial charge in [0, 0.05) is 61.8 Å². The fourth-order valence-electron chi connectivity index (χ4n) is 5.31. The van der Waals surface area contributed by atoms with Crippen molar-refractivity contribution in [3.05, 3.63) is 67.0 Å². The van der Waals surface area contributed by atoms with E-state index >= 15 is 0 Å². The number of pyridine rings is 2. The number of likely N-dealkylation sites (N-methyl/N-ethyl adjacent to an activating group) is 1. The summed E-state index contributed by atoms with van der Waals surface area (Å²) in [5.41, 5.74) is 2.77. The number of rotatable bonds is 6. The highest BCUT2D eigenvalue weighted by molar-refractivity contribution is 5.88. The van der Waals surface area contributed by atoms with Gasteiger partial charge >= 0.3 is 0 Å². The first-order valence-corrected chi connectivity index (χ1v) is 12.4. The lowest BCUT2D eigenvalue weighted by molar-refractivity contribution is 0.121. The number of aromatic nitrogens is 2. The maximum absolute atomic E-state index is 13.6. The van der Waals surface area contributed by atoms with Crippen LogP contribution in [0.4, 0.5) is 10.2 Å². The zero-order valence-corrected chi connectivity index (χ0v) is 20.0. The van der Waals surface area contributed by atoms with Crippen molar-refractivity contribution in [2.45, 2.75) is 25.7 Å². The highest BCUT2D eigenvalue weighted by Crippen LogP contribution is 2.34. The number of benzene rings is 1. The molecule has 2 fully saturated rings. The van der Waals surface area contributed by atoms with E-state index in [4.69, 9.17) is 0 Å². The zero-order chi connectivity index (χ0) is 23.5. The molecule has 6 heteroatoms. The summed E-state index contributed by atoms with van der Waals surface area (Å²) in [5.74, 6) is 1.78. The zero-order valence-electron chi connectivity index (χ0n) is 20.0. The van der Waals surface area contributed by atoms with Gasteiger partial charge in [-0.05, 0) is 73.7 Å². The molecular weight excluding hydrogens is 425 g/mol. The predicted molar refractivity (Wildman–Crippen MR) is 137 cm³/mol. The third kappa shape index (κ3) is 5.45. The lowest BCUT2D eigenvalue weighted by Crippen LogP contribution is -2.46. The summed E-state index contributed by atoms with van der Waals surface area (Å²) >= 11 is 0. The molecule has 2 aromatic heterocycles. The second-order valence-electron chi connectivity index (χ2n) is 10.00. The summed E-state index contributed by atoms with van der Waals surface area (Å²) in [6.45, 7) is 10.4. The van der Waals surface area contributed by atoms with Gasteiger partial charge in [0.2, 0.25) is 0 Å². The molecule has 5 nitrogen and oxygen atoms in total. The van der Waals surface area contributed by atoms with Crippen LogP contribution in [0, 0.1) is 17.7 Å². The summed E-state index contributed by atoms with van der Waals surface area (Å²) in [4.78, 5) is 13.6. The van der Waals surface area contributed by atoms with E-state index in [1.54, 1.807) is 6.20 Å². The molecule has 0 radical (unpaired) electrons. The molecule has 3 aromatic rings. The Morgan fingerprint density at radius 3 is 2.53 bits per heavy atom. The molecule has 0 atom stereocenters. The van der Waals surface area contributed by atoms with Crippen molar-refractivity contribution in [1.82, 2.24) is 19.8 Å². The molecule has 2 aliphatic rings. The second kappa shape index (κ2) is 10.2. The van der Waals surface area contributed by atoms with Gasteiger partial charge in [-0.2, -0.15) is 0 Å². The Labute approximate surface area is 201 Å². The molecule has 0 unspecified atom stereocenters. The second-order valence-corrected chi connectivity index (χ2v) is 10.00. The van der Waals surface area contributed by atoms with Crippen LogP contribution >= 0.6 is 0 Å². The van der Waals surface area contributed by atoms with Crippen molar-refractivity contribution in [2.75, 3.05) is 45.1 Å². The van der Waals surface area contributed by atoms with E-state index in [1.165, 1.54) is 70.7 Å². The van der Waals surface area contributed by atoms with Crippen LogP contribution in [-0.2, 0) is 0 Å². The van der Waals surface area contributed by atoms with Gasteiger partial charge in [0.1, 0.15) is 11.6 Å². The van der Waals surface area contributed by atoms with Crippen LogP contribution in [0.5, 0.6) is 0 Å². The molecule has 0 amide bonds. The van der Waals surface area contributed by atoms with Crippen molar-refractivity contribution in [1.29, 1.82) is 0 Å². The van der Waals surface area contributed by atoms with E-state index in [2.05, 4.69) is 50.8 Å². The van der Waals surface area contributed by atoms with Crippen LogP contribution in [0.15, 0.2) is 61.2 Å². The topological polar surface area (TPSA) is 44.3 Å². The van der Waals surface area contributed by atoms with Crippen molar-refractivity contribution >= 4 is 16.6 Å². The minimum atomic E-state index is -0.329. The largest absolute Gasteiger partial charge is 0.344 e. The number of nitrogens with one attached hydrogen (secondary N) is 1. The lowest BCUT2D eigenvalue weighted by Gasteiger charge is -2.37. The highest BCUT2D eigenvalue weighted by atomic mass is 19.1. The molecule has 0 spiro atoms. The molecule has 3 heterocycles. The molecule has 1 aliphatic carbocycles. The van der Waals surface area contributed by atoms with Crippen molar-refractivity contribution < 1.29 is 4.39 Å². The highest BCUT2D eigenvalue weighted by Gasteiger charge is 2.25. The Kier molecular flexibility index (Phi) is 6.88. The van der Waals surface area contributed by atoms with Crippen molar-refractivity contribution in [3.63, 3.8) is 0 Å². The van der Waals surface area contributed by atoms with E-state index in [0.717, 1.165) is 39.3 Å². The van der Waals surface area contributed by atoms with Crippen molar-refractivity contribution in [2.24, 2.45) is 11.8 Å². The fourth-order valence-corrected chi connectivity index (χ4v) is 5.31. The van der Waals surface area contributed by atoms with Gasteiger partial charge in [-0.25, -0.2) is 9.37 Å². The molecule has 1 N–H and O–H groups in total. The number of anilines is 1. The van der Waals surface area contributed by atoms with E-state index in [1.807, 2.05) is 18.3 Å². The number of hydrogen-bond donors (Lipinski definition) is 1. The Morgan fingerprint density at radius 2 is 1.76 bits per heavy atom. The van der Waals surface area contributed by atoms with E-state index in [-0.39, 0.29) is 5.82 Å². The summed E-state index contributed by atoms with van der Waals surface area (Å²) in [6, 6.07) is 9.62. The van der Waals surface area contributed by atoms with Gasteiger partial charge in [-0.1, -0.05) is 18.7 Å². The molecule has 5 rings (SSSR count). The summed E-state index contributed by atoms with van der Waals surface area (Å²) in [7, 11) is 2.21. The Bertz CT molecular complexity index is 1150. The molecule has 1 aliphatic heterocycles. The summed E-state index contributed by atoms with van der Waals surface area (Å²) in [5, 5.41) is 5.59. The molecule has 1 saturated carbocycles. The Morgan fingerprint density at radius 1 is 0.971 bits per heavy atom. The number of halogens is 1. The van der Waals surface area contributed by atoms with E-state index in [9.17, 15) is 4.39 Å². The van der Waals surface area contributed by atoms with Gasteiger partial charge < -0.3 is 15.1 Å². The fraction of sp³-hybridized carbons (Fsp3) is 0.429. The standard InChI is InChI=1S/C28H34FN5/c1-20(22-5-3-21(4-6-22)19-34-11-9-33(2)10-12-34)32-28-15-25-13-23(7-8-24(25)17-31-28)26-14-27(29)18-30-16-26/h7-8,13-18,21-22H,1,3-6,9-12,19H2,2H3,(H,31,32). The Hall–Kier alpha value is -2.83. The summed E-state index contributed by atoms with van der Waals surface area (Å²) < 4.78 is 13.6. The number of nitrogens with zero attached hydrogens (tertiary/aromatic N) is 4. The first-order valence-electron chi connectivity index (χ1n) is 12.4. The quantitative estimate of drug-likeness (QED) is 0.534. The van der Waals surface area contributed by atoms with Gasteiger partial charge in [-0.15, -0.1) is 0 Å². The predicted octanol–water partition coefficient (Wildman–Crippen LogP) is 5.42. The van der Waals surface area contributed by atoms with Gasteiger partial charge in [0.05, 0.1) is 6.20 Å². The number of hydrogen-bond acceptors (Lipinski definition) is 5. The SMILES string of the molecule is C=C(Nc1cc2cc(-c3cncc(F)c3)ccc2cn1)C1CCC(CN2CCN(C)CC2)CC1. The van der Waals surface area contributed by atoms with E-state index in [0.29, 0.717) is 5.92 Å². The Balaban J connectivity index is 1.19. The van der Waals surface area contributed by atoms with Gasteiger partial charge in [0.15, 0.2) is 0 Å². The van der Waals surface area contributed by atoms with Crippen LogP contribution in [0.25, 0.3) is 21.9 Å². The molecular formula is C28H34FN5. The summed E-state index contributed by atoms with van der Waals surface area (Å²) in [6.07, 6.45) is 9.71. The first kappa shape index (κ1) is 22.9. The van der Waals surface area contributed by atoms with Crippen LogP contribution < -0.4 is 5.32 Å². The van der Waals surface area contributed by atoms with Crippen LogP contribution in [-0.4, -0.2) is 59.5 Å².